The van der Waals surface area contributed by atoms with E-state index in [1.807, 2.05) is 42.3 Å². The lowest BCUT2D eigenvalue weighted by atomic mass is 9.72. The van der Waals surface area contributed by atoms with Crippen molar-refractivity contribution in [2.45, 2.75) is 45.3 Å². The highest BCUT2D eigenvalue weighted by molar-refractivity contribution is 6.76. The summed E-state index contributed by atoms with van der Waals surface area (Å²) >= 11 is 6.92. The van der Waals surface area contributed by atoms with Gasteiger partial charge in [0.1, 0.15) is 18.1 Å². The minimum absolute atomic E-state index is 0.103. The minimum Gasteiger partial charge on any atom is -0.465 e. The van der Waals surface area contributed by atoms with Gasteiger partial charge >= 0.3 is 6.09 Å². The second kappa shape index (κ2) is 10.0. The van der Waals surface area contributed by atoms with Crippen LogP contribution >= 0.6 is 11.6 Å². The van der Waals surface area contributed by atoms with Crippen LogP contribution in [0.5, 0.6) is 0 Å². The Hall–Kier alpha value is -3.15. The van der Waals surface area contributed by atoms with Crippen molar-refractivity contribution < 1.29 is 14.6 Å². The molecule has 40 heavy (non-hydrogen) atoms. The number of carboxylic acid groups (broad SMARTS) is 1. The molecule has 0 unspecified atom stereocenters. The monoisotopic (exact) mass is 581 g/mol. The summed E-state index contributed by atoms with van der Waals surface area (Å²) in [6, 6.07) is 5.08. The van der Waals surface area contributed by atoms with Crippen molar-refractivity contribution in [2.75, 3.05) is 37.7 Å². The van der Waals surface area contributed by atoms with Crippen molar-refractivity contribution in [3.63, 3.8) is 0 Å². The predicted octanol–water partition coefficient (Wildman–Crippen LogP) is 5.53. The number of piperidine rings is 1. The number of ether oxygens (including phenoxy) is 1. The van der Waals surface area contributed by atoms with Crippen molar-refractivity contribution in [3.05, 3.63) is 35.7 Å². The van der Waals surface area contributed by atoms with Crippen LogP contribution in [0.25, 0.3) is 33.2 Å². The maximum absolute atomic E-state index is 11.3. The van der Waals surface area contributed by atoms with Crippen molar-refractivity contribution in [3.8, 4) is 11.1 Å². The zero-order valence-electron chi connectivity index (χ0n) is 23.5. The number of likely N-dealkylation sites (tertiary alicyclic amines) is 1. The Balaban J connectivity index is 1.30. The van der Waals surface area contributed by atoms with E-state index >= 15 is 0 Å². The number of aryl methyl sites for hydroxylation is 1. The molecule has 2 saturated heterocycles. The first kappa shape index (κ1) is 27.0. The van der Waals surface area contributed by atoms with Crippen LogP contribution in [0.1, 0.15) is 12.8 Å². The van der Waals surface area contributed by atoms with E-state index < -0.39 is 14.2 Å². The van der Waals surface area contributed by atoms with E-state index in [2.05, 4.69) is 29.6 Å². The van der Waals surface area contributed by atoms with Gasteiger partial charge in [-0.1, -0.05) is 37.3 Å². The number of carbonyl (C=O) groups is 1. The molecule has 2 aliphatic rings. The normalized spacial score (nSPS) is 17.2. The molecule has 1 amide bonds. The van der Waals surface area contributed by atoms with E-state index in [0.717, 1.165) is 71.0 Å². The van der Waals surface area contributed by atoms with E-state index in [4.69, 9.17) is 26.3 Å². The van der Waals surface area contributed by atoms with E-state index in [1.54, 1.807) is 4.68 Å². The molecular weight excluding hydrogens is 546 g/mol. The van der Waals surface area contributed by atoms with Gasteiger partial charge in [0.2, 0.25) is 0 Å². The molecule has 0 radical (unpaired) electrons. The Labute approximate surface area is 239 Å². The first-order valence-electron chi connectivity index (χ1n) is 13.8. The summed E-state index contributed by atoms with van der Waals surface area (Å²) in [4.78, 5) is 25.0. The predicted molar refractivity (Wildman–Crippen MR) is 160 cm³/mol. The SMILES string of the molecule is Cn1cc2c(Cl)c(-c3cn(COCC[Si](C)(C)C)c4nc(N5CCC6(CC5)CN(C(=O)O)C6)cnc34)ccc2n1. The maximum Gasteiger partial charge on any atom is 0.407 e. The molecular formula is C28H36ClN7O3Si. The van der Waals surface area contributed by atoms with Crippen molar-refractivity contribution >= 4 is 53.7 Å². The molecule has 2 fully saturated rings. The molecule has 0 bridgehead atoms. The smallest absolute Gasteiger partial charge is 0.407 e. The highest BCUT2D eigenvalue weighted by Gasteiger charge is 2.47. The Bertz CT molecular complexity index is 1580. The van der Waals surface area contributed by atoms with E-state index in [9.17, 15) is 9.90 Å². The summed E-state index contributed by atoms with van der Waals surface area (Å²) in [6.45, 7) is 11.1. The largest absolute Gasteiger partial charge is 0.465 e. The third-order valence-corrected chi connectivity index (χ3v) is 10.4. The van der Waals surface area contributed by atoms with Crippen LogP contribution in [0.15, 0.2) is 30.7 Å². The van der Waals surface area contributed by atoms with Crippen molar-refractivity contribution in [1.29, 1.82) is 0 Å². The van der Waals surface area contributed by atoms with Crippen LogP contribution in [0, 0.1) is 5.41 Å². The molecule has 1 aromatic carbocycles. The van der Waals surface area contributed by atoms with Crippen molar-refractivity contribution in [1.82, 2.24) is 29.2 Å². The van der Waals surface area contributed by atoms with Gasteiger partial charge in [-0.15, -0.1) is 0 Å². The molecule has 3 aromatic heterocycles. The third kappa shape index (κ3) is 5.06. The molecule has 6 rings (SSSR count). The van der Waals surface area contributed by atoms with Crippen LogP contribution in [0.2, 0.25) is 30.7 Å². The number of hydrogen-bond donors (Lipinski definition) is 1. The van der Waals surface area contributed by atoms with Gasteiger partial charge in [-0.05, 0) is 25.0 Å². The third-order valence-electron chi connectivity index (χ3n) is 8.28. The fraction of sp³-hybridized carbons (Fsp3) is 0.500. The topological polar surface area (TPSA) is 102 Å². The zero-order valence-corrected chi connectivity index (χ0v) is 25.3. The molecule has 0 atom stereocenters. The second-order valence-corrected chi connectivity index (χ2v) is 18.5. The average Bonchev–Trinajstić information content (AvgIpc) is 3.45. The lowest BCUT2D eigenvalue weighted by Crippen LogP contribution is -2.61. The fourth-order valence-corrected chi connectivity index (χ4v) is 6.91. The number of rotatable bonds is 7. The van der Waals surface area contributed by atoms with Crippen LogP contribution in [0.4, 0.5) is 10.6 Å². The maximum atomic E-state index is 11.3. The van der Waals surface area contributed by atoms with Gasteiger partial charge in [-0.25, -0.2) is 14.8 Å². The highest BCUT2D eigenvalue weighted by Crippen LogP contribution is 2.42. The average molecular weight is 582 g/mol. The molecule has 0 aliphatic carbocycles. The molecule has 4 aromatic rings. The van der Waals surface area contributed by atoms with Crippen LogP contribution < -0.4 is 4.90 Å². The summed E-state index contributed by atoms with van der Waals surface area (Å²) in [6.07, 6.45) is 6.90. The number of fused-ring (bicyclic) bond motifs is 2. The van der Waals surface area contributed by atoms with Crippen LogP contribution in [-0.4, -0.2) is 81.3 Å². The Morgan fingerprint density at radius 3 is 2.60 bits per heavy atom. The van der Waals surface area contributed by atoms with E-state index in [-0.39, 0.29) is 5.41 Å². The quantitative estimate of drug-likeness (QED) is 0.226. The van der Waals surface area contributed by atoms with E-state index in [0.29, 0.717) is 31.4 Å². The summed E-state index contributed by atoms with van der Waals surface area (Å²) in [5, 5.41) is 15.3. The fourth-order valence-electron chi connectivity index (χ4n) is 5.84. The molecule has 1 spiro atoms. The Kier molecular flexibility index (Phi) is 6.79. The minimum atomic E-state index is -1.21. The number of benzene rings is 1. The molecule has 5 heterocycles. The van der Waals surface area contributed by atoms with Crippen LogP contribution in [0.3, 0.4) is 0 Å². The number of aromatic nitrogens is 5. The van der Waals surface area contributed by atoms with Gasteiger partial charge < -0.3 is 24.2 Å². The molecule has 1 N–H and O–H groups in total. The number of nitrogens with zero attached hydrogens (tertiary/aromatic N) is 7. The first-order chi connectivity index (χ1) is 19.0. The first-order valence-corrected chi connectivity index (χ1v) is 17.9. The van der Waals surface area contributed by atoms with Crippen LogP contribution in [-0.2, 0) is 18.5 Å². The number of halogens is 1. The summed E-state index contributed by atoms with van der Waals surface area (Å²) < 4.78 is 9.95. The van der Waals surface area contributed by atoms with E-state index in [1.165, 1.54) is 4.90 Å². The standard InChI is InChI=1S/C28H36ClN7O3Si/c1-33-14-21-22(32-33)6-5-19(24(21)29)20-15-35(18-39-11-12-40(2,3)4)26-25(20)30-13-23(31-26)34-9-7-28(8-10-34)16-36(17-28)27(37)38/h5-6,13-15H,7-12,16-18H2,1-4H3,(H,37,38). The summed E-state index contributed by atoms with van der Waals surface area (Å²) in [7, 11) is 0.681. The van der Waals surface area contributed by atoms with Gasteiger partial charge in [0, 0.05) is 82.2 Å². The Morgan fingerprint density at radius 1 is 1.15 bits per heavy atom. The molecule has 0 saturated carbocycles. The number of amides is 1. The van der Waals surface area contributed by atoms with Gasteiger partial charge in [0.25, 0.3) is 0 Å². The molecule has 10 nitrogen and oxygen atoms in total. The lowest BCUT2D eigenvalue weighted by Gasteiger charge is -2.52. The zero-order chi connectivity index (χ0) is 28.2. The van der Waals surface area contributed by atoms with Crippen molar-refractivity contribution in [2.24, 2.45) is 12.5 Å². The number of anilines is 1. The van der Waals surface area contributed by atoms with Gasteiger partial charge in [0.05, 0.1) is 16.7 Å². The van der Waals surface area contributed by atoms with Gasteiger partial charge in [-0.3, -0.25) is 4.68 Å². The lowest BCUT2D eigenvalue weighted by molar-refractivity contribution is -0.00644. The van der Waals surface area contributed by atoms with Gasteiger partial charge in [-0.2, -0.15) is 5.10 Å². The summed E-state index contributed by atoms with van der Waals surface area (Å²) in [5.41, 5.74) is 4.31. The second-order valence-electron chi connectivity index (χ2n) is 12.5. The summed E-state index contributed by atoms with van der Waals surface area (Å²) in [5.74, 6) is 0.832. The Morgan fingerprint density at radius 2 is 1.90 bits per heavy atom. The molecule has 2 aliphatic heterocycles. The number of hydrogen-bond acceptors (Lipinski definition) is 6. The molecule has 12 heteroatoms. The highest BCUT2D eigenvalue weighted by atomic mass is 35.5. The van der Waals surface area contributed by atoms with Gasteiger partial charge in [0.15, 0.2) is 5.65 Å². The molecule has 212 valence electrons.